The number of nitrogens with zero attached hydrogens (tertiary/aromatic N) is 4. The number of nitrogens with one attached hydrogen (secondary N) is 1. The zero-order valence-corrected chi connectivity index (χ0v) is 15.5. The van der Waals surface area contributed by atoms with Crippen LogP contribution in [0.4, 0.5) is 0 Å². The van der Waals surface area contributed by atoms with Gasteiger partial charge in [0, 0.05) is 43.4 Å². The van der Waals surface area contributed by atoms with Crippen molar-refractivity contribution in [2.24, 2.45) is 5.92 Å². The van der Waals surface area contributed by atoms with Crippen molar-refractivity contribution >= 4 is 5.91 Å². The standard InChI is InChI=1S/C19H27N5O2/c1-14-7-10-24(11-8-14)15(2)12-21-17(25)5-6-18-22-19(23-26-18)16-4-3-9-20-13-16/h3-4,9,13-15H,5-8,10-12H2,1-2H3,(H,21,25)/t15-/m0/s1. The van der Waals surface area contributed by atoms with Gasteiger partial charge in [0.2, 0.25) is 17.6 Å². The van der Waals surface area contributed by atoms with Gasteiger partial charge in [-0.2, -0.15) is 4.98 Å². The van der Waals surface area contributed by atoms with Crippen molar-refractivity contribution < 1.29 is 9.32 Å². The molecule has 1 fully saturated rings. The Kier molecular flexibility index (Phi) is 6.33. The molecule has 26 heavy (non-hydrogen) atoms. The number of aromatic nitrogens is 3. The maximum absolute atomic E-state index is 12.1. The van der Waals surface area contributed by atoms with Gasteiger partial charge < -0.3 is 9.84 Å². The molecule has 2 aromatic rings. The monoisotopic (exact) mass is 357 g/mol. The van der Waals surface area contributed by atoms with E-state index in [-0.39, 0.29) is 5.91 Å². The summed E-state index contributed by atoms with van der Waals surface area (Å²) in [7, 11) is 0. The molecule has 7 nitrogen and oxygen atoms in total. The first-order valence-corrected chi connectivity index (χ1v) is 9.35. The number of likely N-dealkylation sites (tertiary alicyclic amines) is 1. The van der Waals surface area contributed by atoms with Gasteiger partial charge in [0.1, 0.15) is 0 Å². The first-order valence-electron chi connectivity index (χ1n) is 9.35. The zero-order chi connectivity index (χ0) is 18.4. The van der Waals surface area contributed by atoms with Crippen molar-refractivity contribution in [3.05, 3.63) is 30.4 Å². The van der Waals surface area contributed by atoms with Crippen LogP contribution in [0.25, 0.3) is 11.4 Å². The van der Waals surface area contributed by atoms with Crippen LogP contribution in [0.3, 0.4) is 0 Å². The van der Waals surface area contributed by atoms with Crippen LogP contribution in [0, 0.1) is 5.92 Å². The summed E-state index contributed by atoms with van der Waals surface area (Å²) in [5.41, 5.74) is 0.802. The maximum atomic E-state index is 12.1. The number of hydrogen-bond donors (Lipinski definition) is 1. The third-order valence-electron chi connectivity index (χ3n) is 4.99. The highest BCUT2D eigenvalue weighted by molar-refractivity contribution is 5.76. The minimum atomic E-state index is 0.0170. The molecule has 0 spiro atoms. The van der Waals surface area contributed by atoms with Crippen molar-refractivity contribution in [2.75, 3.05) is 19.6 Å². The van der Waals surface area contributed by atoms with Gasteiger partial charge in [0.05, 0.1) is 0 Å². The highest BCUT2D eigenvalue weighted by Gasteiger charge is 2.20. The molecule has 7 heteroatoms. The fourth-order valence-corrected chi connectivity index (χ4v) is 3.14. The largest absolute Gasteiger partial charge is 0.355 e. The molecule has 2 aromatic heterocycles. The SMILES string of the molecule is CC1CCN([C@@H](C)CNC(=O)CCc2nc(-c3cccnc3)no2)CC1. The molecule has 1 aliphatic rings. The Morgan fingerprint density at radius 1 is 1.42 bits per heavy atom. The van der Waals surface area contributed by atoms with E-state index in [0.717, 1.165) is 24.6 Å². The summed E-state index contributed by atoms with van der Waals surface area (Å²) in [5.74, 6) is 1.81. The Morgan fingerprint density at radius 3 is 2.96 bits per heavy atom. The van der Waals surface area contributed by atoms with Gasteiger partial charge in [-0.05, 0) is 50.9 Å². The summed E-state index contributed by atoms with van der Waals surface area (Å²) < 4.78 is 5.22. The molecule has 0 saturated carbocycles. The molecule has 3 heterocycles. The average Bonchev–Trinajstić information content (AvgIpc) is 3.15. The van der Waals surface area contributed by atoms with Crippen molar-refractivity contribution in [2.45, 2.75) is 45.6 Å². The Balaban J connectivity index is 1.40. The van der Waals surface area contributed by atoms with Gasteiger partial charge in [-0.25, -0.2) is 0 Å². The predicted octanol–water partition coefficient (Wildman–Crippen LogP) is 2.30. The van der Waals surface area contributed by atoms with Crippen molar-refractivity contribution in [1.82, 2.24) is 25.3 Å². The molecule has 0 bridgehead atoms. The van der Waals surface area contributed by atoms with E-state index in [1.165, 1.54) is 12.8 Å². The highest BCUT2D eigenvalue weighted by atomic mass is 16.5. The van der Waals surface area contributed by atoms with Crippen LogP contribution in [-0.2, 0) is 11.2 Å². The van der Waals surface area contributed by atoms with Gasteiger partial charge >= 0.3 is 0 Å². The number of hydrogen-bond acceptors (Lipinski definition) is 6. The van der Waals surface area contributed by atoms with Crippen LogP contribution in [0.5, 0.6) is 0 Å². The van der Waals surface area contributed by atoms with Gasteiger partial charge in [-0.1, -0.05) is 12.1 Å². The van der Waals surface area contributed by atoms with E-state index in [0.29, 0.717) is 37.1 Å². The first-order chi connectivity index (χ1) is 12.6. The Hall–Kier alpha value is -2.28. The second-order valence-corrected chi connectivity index (χ2v) is 7.13. The molecule has 0 unspecified atom stereocenters. The quantitative estimate of drug-likeness (QED) is 0.818. The molecule has 1 aliphatic heterocycles. The second kappa shape index (κ2) is 8.89. The fraction of sp³-hybridized carbons (Fsp3) is 0.579. The number of aryl methyl sites for hydroxylation is 1. The van der Waals surface area contributed by atoms with E-state index in [1.807, 2.05) is 12.1 Å². The van der Waals surface area contributed by atoms with E-state index in [4.69, 9.17) is 4.52 Å². The van der Waals surface area contributed by atoms with Crippen LogP contribution in [0.1, 0.15) is 39.0 Å². The average molecular weight is 357 g/mol. The number of carbonyl (C=O) groups is 1. The number of rotatable bonds is 7. The van der Waals surface area contributed by atoms with Crippen LogP contribution in [0.15, 0.2) is 29.0 Å². The molecule has 0 aliphatic carbocycles. The second-order valence-electron chi connectivity index (χ2n) is 7.13. The molecule has 1 saturated heterocycles. The Morgan fingerprint density at radius 2 is 2.23 bits per heavy atom. The van der Waals surface area contributed by atoms with Crippen molar-refractivity contribution in [3.63, 3.8) is 0 Å². The molecular weight excluding hydrogens is 330 g/mol. The van der Waals surface area contributed by atoms with Crippen LogP contribution in [0.2, 0.25) is 0 Å². The first kappa shape index (κ1) is 18.5. The van der Waals surface area contributed by atoms with Crippen LogP contribution < -0.4 is 5.32 Å². The lowest BCUT2D eigenvalue weighted by Gasteiger charge is -2.35. The summed E-state index contributed by atoms with van der Waals surface area (Å²) in [4.78, 5) is 22.9. The third-order valence-corrected chi connectivity index (χ3v) is 4.99. The summed E-state index contributed by atoms with van der Waals surface area (Å²) in [6, 6.07) is 4.06. The van der Waals surface area contributed by atoms with Crippen LogP contribution in [-0.4, -0.2) is 51.6 Å². The number of carbonyl (C=O) groups excluding carboxylic acids is 1. The molecule has 1 amide bonds. The molecule has 0 aromatic carbocycles. The van der Waals surface area contributed by atoms with E-state index in [2.05, 4.69) is 39.2 Å². The van der Waals surface area contributed by atoms with Gasteiger partial charge in [-0.15, -0.1) is 0 Å². The van der Waals surface area contributed by atoms with E-state index in [9.17, 15) is 4.79 Å². The Bertz CT molecular complexity index is 695. The third kappa shape index (κ3) is 5.11. The number of pyridine rings is 1. The smallest absolute Gasteiger partial charge is 0.227 e. The summed E-state index contributed by atoms with van der Waals surface area (Å²) in [6.45, 7) is 7.40. The zero-order valence-electron chi connectivity index (χ0n) is 15.5. The minimum absolute atomic E-state index is 0.0170. The number of amides is 1. The van der Waals surface area contributed by atoms with Gasteiger partial charge in [0.25, 0.3) is 0 Å². The van der Waals surface area contributed by atoms with E-state index in [1.54, 1.807) is 12.4 Å². The number of piperidine rings is 1. The minimum Gasteiger partial charge on any atom is -0.355 e. The summed E-state index contributed by atoms with van der Waals surface area (Å²) >= 11 is 0. The molecule has 1 atom stereocenters. The van der Waals surface area contributed by atoms with Crippen molar-refractivity contribution in [3.8, 4) is 11.4 Å². The maximum Gasteiger partial charge on any atom is 0.227 e. The molecular formula is C19H27N5O2. The summed E-state index contributed by atoms with van der Waals surface area (Å²) in [6.07, 6.45) is 6.65. The van der Waals surface area contributed by atoms with E-state index >= 15 is 0 Å². The molecule has 3 rings (SSSR count). The topological polar surface area (TPSA) is 84.2 Å². The Labute approximate surface area is 154 Å². The predicted molar refractivity (Wildman–Crippen MR) is 98.3 cm³/mol. The molecule has 0 radical (unpaired) electrons. The highest BCUT2D eigenvalue weighted by Crippen LogP contribution is 2.18. The van der Waals surface area contributed by atoms with Crippen LogP contribution >= 0.6 is 0 Å². The molecule has 140 valence electrons. The molecule has 1 N–H and O–H groups in total. The van der Waals surface area contributed by atoms with Crippen molar-refractivity contribution in [1.29, 1.82) is 0 Å². The lowest BCUT2D eigenvalue weighted by Crippen LogP contribution is -2.45. The lowest BCUT2D eigenvalue weighted by molar-refractivity contribution is -0.121. The summed E-state index contributed by atoms with van der Waals surface area (Å²) in [5, 5.41) is 6.96. The fourth-order valence-electron chi connectivity index (χ4n) is 3.14. The van der Waals surface area contributed by atoms with Gasteiger partial charge in [0.15, 0.2) is 0 Å². The van der Waals surface area contributed by atoms with Gasteiger partial charge in [-0.3, -0.25) is 14.7 Å². The lowest BCUT2D eigenvalue weighted by atomic mass is 9.98. The van der Waals surface area contributed by atoms with E-state index < -0.39 is 0 Å². The normalized spacial score (nSPS) is 17.2.